The molecule has 1 amide bonds. The van der Waals surface area contributed by atoms with Gasteiger partial charge in [0.15, 0.2) is 5.52 Å². The molecule has 12 nitrogen and oxygen atoms in total. The fourth-order valence-electron chi connectivity index (χ4n) is 5.11. The molecule has 42 heavy (non-hydrogen) atoms. The first kappa shape index (κ1) is 35.4. The molecule has 0 aliphatic heterocycles. The van der Waals surface area contributed by atoms with E-state index in [9.17, 15) is 30.2 Å². The van der Waals surface area contributed by atoms with Crippen LogP contribution < -0.4 is 10.6 Å². The van der Waals surface area contributed by atoms with E-state index in [4.69, 9.17) is 0 Å². The van der Waals surface area contributed by atoms with Gasteiger partial charge >= 0.3 is 5.69 Å². The number of anilines is 1. The van der Waals surface area contributed by atoms with Crippen LogP contribution in [0.4, 0.5) is 11.4 Å². The molecule has 0 aliphatic carbocycles. The number of unbranched alkanes of at least 4 members (excludes halogenated alkanes) is 13. The van der Waals surface area contributed by atoms with Gasteiger partial charge in [-0.15, -0.1) is 0 Å². The van der Waals surface area contributed by atoms with Gasteiger partial charge in [-0.05, 0) is 35.6 Å². The lowest BCUT2D eigenvalue weighted by Gasteiger charge is -2.26. The summed E-state index contributed by atoms with van der Waals surface area (Å²) in [6, 6.07) is 2.00. The largest absolute Gasteiger partial charge is 0.394 e. The Morgan fingerprint density at radius 2 is 1.50 bits per heavy atom. The number of aromatic nitrogens is 2. The molecule has 1 heterocycles. The number of aliphatic hydroxyl groups excluding tert-OH is 3. The Kier molecular flexibility index (Phi) is 17.6. The number of fused-ring (bicyclic) bond motifs is 1. The van der Waals surface area contributed by atoms with Crippen molar-refractivity contribution in [2.24, 2.45) is 0 Å². The van der Waals surface area contributed by atoms with Crippen molar-refractivity contribution in [2.75, 3.05) is 18.5 Å². The molecular formula is C30H51N5O7. The average Bonchev–Trinajstić information content (AvgIpc) is 3.48. The van der Waals surface area contributed by atoms with Gasteiger partial charge in [0.25, 0.3) is 0 Å². The van der Waals surface area contributed by atoms with Gasteiger partial charge in [0.2, 0.25) is 11.4 Å². The second kappa shape index (κ2) is 21.0. The van der Waals surface area contributed by atoms with Crippen LogP contribution in [0.15, 0.2) is 16.8 Å². The van der Waals surface area contributed by atoms with Gasteiger partial charge in [0, 0.05) is 19.0 Å². The number of nitrogens with zero attached hydrogens (tertiary/aromatic N) is 3. The molecule has 0 radical (unpaired) electrons. The highest BCUT2D eigenvalue weighted by atomic mass is 16.6. The van der Waals surface area contributed by atoms with Crippen molar-refractivity contribution >= 4 is 28.3 Å². The van der Waals surface area contributed by atoms with Gasteiger partial charge in [-0.1, -0.05) is 90.4 Å². The molecule has 3 atom stereocenters. The maximum Gasteiger partial charge on any atom is 0.300 e. The first-order valence-electron chi connectivity index (χ1n) is 15.8. The predicted octanol–water partition coefficient (Wildman–Crippen LogP) is 5.39. The summed E-state index contributed by atoms with van der Waals surface area (Å²) in [5, 5.41) is 54.8. The van der Waals surface area contributed by atoms with Crippen LogP contribution in [0.25, 0.3) is 11.0 Å². The van der Waals surface area contributed by atoms with Crippen molar-refractivity contribution < 1.29 is 29.7 Å². The third-order valence-corrected chi connectivity index (χ3v) is 7.69. The summed E-state index contributed by atoms with van der Waals surface area (Å²) in [7, 11) is 0. The van der Waals surface area contributed by atoms with Crippen LogP contribution in [-0.2, 0) is 4.79 Å². The first-order valence-corrected chi connectivity index (χ1v) is 15.8. The van der Waals surface area contributed by atoms with Gasteiger partial charge in [0.05, 0.1) is 29.4 Å². The van der Waals surface area contributed by atoms with Crippen molar-refractivity contribution in [1.82, 2.24) is 15.6 Å². The Morgan fingerprint density at radius 3 is 2.12 bits per heavy atom. The number of carbonyl (C=O) groups excluding carboxylic acids is 1. The highest BCUT2D eigenvalue weighted by molar-refractivity contribution is 5.93. The lowest BCUT2D eigenvalue weighted by molar-refractivity contribution is -0.383. The van der Waals surface area contributed by atoms with Gasteiger partial charge < -0.3 is 26.0 Å². The molecule has 0 unspecified atom stereocenters. The van der Waals surface area contributed by atoms with E-state index in [0.29, 0.717) is 25.1 Å². The molecule has 0 spiro atoms. The Morgan fingerprint density at radius 1 is 0.905 bits per heavy atom. The molecule has 1 aromatic carbocycles. The van der Waals surface area contributed by atoms with Crippen LogP contribution in [0.5, 0.6) is 0 Å². The third-order valence-electron chi connectivity index (χ3n) is 7.69. The summed E-state index contributed by atoms with van der Waals surface area (Å²) in [6.07, 6.45) is 15.1. The van der Waals surface area contributed by atoms with Gasteiger partial charge in [-0.2, -0.15) is 0 Å². The summed E-state index contributed by atoms with van der Waals surface area (Å²) >= 11 is 0. The van der Waals surface area contributed by atoms with Gasteiger partial charge in [0.1, 0.15) is 6.10 Å². The van der Waals surface area contributed by atoms with Gasteiger partial charge in [-0.25, -0.2) is 4.63 Å². The second-order valence-electron chi connectivity index (χ2n) is 11.2. The lowest BCUT2D eigenvalue weighted by Crippen LogP contribution is -2.50. The Hall–Kier alpha value is -2.83. The summed E-state index contributed by atoms with van der Waals surface area (Å²) in [5.74, 6) is -0.288. The molecule has 1 aromatic heterocycles. The second-order valence-corrected chi connectivity index (χ2v) is 11.2. The number of hydrogen-bond acceptors (Lipinski definition) is 10. The smallest absolute Gasteiger partial charge is 0.300 e. The van der Waals surface area contributed by atoms with Gasteiger partial charge in [-0.3, -0.25) is 14.9 Å². The number of benzene rings is 1. The average molecular weight is 594 g/mol. The molecule has 0 saturated carbocycles. The maximum atomic E-state index is 12.4. The Labute approximate surface area is 248 Å². The molecule has 12 heteroatoms. The van der Waals surface area contributed by atoms with Crippen molar-refractivity contribution in [1.29, 1.82) is 0 Å². The number of nitro benzene ring substituents is 1. The fraction of sp³-hybridized carbons (Fsp3) is 0.767. The molecular weight excluding hydrogens is 542 g/mol. The minimum Gasteiger partial charge on any atom is -0.394 e. The first-order chi connectivity index (χ1) is 20.4. The third kappa shape index (κ3) is 13.0. The van der Waals surface area contributed by atoms with E-state index in [-0.39, 0.29) is 29.0 Å². The maximum absolute atomic E-state index is 12.4. The number of nitro groups is 1. The van der Waals surface area contributed by atoms with Crippen LogP contribution in [0, 0.1) is 10.1 Å². The molecule has 2 aromatic rings. The molecule has 5 N–H and O–H groups in total. The zero-order valence-electron chi connectivity index (χ0n) is 25.1. The van der Waals surface area contributed by atoms with Crippen LogP contribution >= 0.6 is 0 Å². The predicted molar refractivity (Wildman–Crippen MR) is 162 cm³/mol. The van der Waals surface area contributed by atoms with E-state index in [2.05, 4.69) is 32.5 Å². The van der Waals surface area contributed by atoms with E-state index in [1.54, 1.807) is 6.07 Å². The Bertz CT molecular complexity index is 1030. The van der Waals surface area contributed by atoms with E-state index >= 15 is 0 Å². The monoisotopic (exact) mass is 593 g/mol. The number of amides is 1. The van der Waals surface area contributed by atoms with Crippen molar-refractivity contribution in [2.45, 2.75) is 134 Å². The summed E-state index contributed by atoms with van der Waals surface area (Å²) < 4.78 is 4.65. The Balaban J connectivity index is 1.54. The zero-order valence-corrected chi connectivity index (χ0v) is 25.1. The fourth-order valence-corrected chi connectivity index (χ4v) is 5.11. The number of hydrogen-bond donors (Lipinski definition) is 5. The molecule has 238 valence electrons. The van der Waals surface area contributed by atoms with E-state index in [1.165, 1.54) is 63.9 Å². The normalized spacial score (nSPS) is 13.6. The van der Waals surface area contributed by atoms with Crippen LogP contribution in [0.1, 0.15) is 116 Å². The molecule has 0 fully saturated rings. The lowest BCUT2D eigenvalue weighted by atomic mass is 9.99. The SMILES string of the molecule is CCCCCCCCCCCCCC[C@H](O)[C@@H](O)[C@H](CO)NC(=O)CCCCCNc1ccc([N+](=O)[O-])c2nonc12. The quantitative estimate of drug-likeness (QED) is 0.0568. The molecule has 0 saturated heterocycles. The van der Waals surface area contributed by atoms with Crippen molar-refractivity contribution in [3.63, 3.8) is 0 Å². The highest BCUT2D eigenvalue weighted by Crippen LogP contribution is 2.28. The number of carbonyl (C=O) groups is 1. The topological polar surface area (TPSA) is 184 Å². The molecule has 0 aliphatic rings. The standard InChI is InChI=1S/C30H51N5O7/c1-2-3-4-5-6-7-8-9-10-11-12-14-17-26(37)30(39)24(22-36)32-27(38)18-15-13-16-21-31-23-19-20-25(35(40)41)29-28(23)33-42-34-29/h19-20,24,26,30-31,36-37,39H,2-18,21-22H2,1H3,(H,32,38)/t24-,26-,30-/m0/s1. The van der Waals surface area contributed by atoms with Crippen molar-refractivity contribution in [3.8, 4) is 0 Å². The molecule has 2 rings (SSSR count). The minimum atomic E-state index is -1.22. The van der Waals surface area contributed by atoms with E-state index < -0.39 is 29.8 Å². The number of rotatable bonds is 25. The summed E-state index contributed by atoms with van der Waals surface area (Å²) in [6.45, 7) is 2.34. The highest BCUT2D eigenvalue weighted by Gasteiger charge is 2.27. The minimum absolute atomic E-state index is 0.0847. The van der Waals surface area contributed by atoms with E-state index in [0.717, 1.165) is 32.1 Å². The number of non-ortho nitro benzene ring substituents is 1. The number of nitrogens with one attached hydrogen (secondary N) is 2. The zero-order chi connectivity index (χ0) is 30.6. The van der Waals surface area contributed by atoms with E-state index in [1.807, 2.05) is 0 Å². The number of aliphatic hydroxyl groups is 3. The van der Waals surface area contributed by atoms with Crippen LogP contribution in [0.3, 0.4) is 0 Å². The van der Waals surface area contributed by atoms with Crippen LogP contribution in [-0.4, -0.2) is 67.9 Å². The van der Waals surface area contributed by atoms with Crippen LogP contribution in [0.2, 0.25) is 0 Å². The summed E-state index contributed by atoms with van der Waals surface area (Å²) in [4.78, 5) is 22.9. The summed E-state index contributed by atoms with van der Waals surface area (Å²) in [5.41, 5.74) is 0.780. The molecule has 0 bridgehead atoms. The van der Waals surface area contributed by atoms with Crippen molar-refractivity contribution in [3.05, 3.63) is 22.2 Å².